The molecule has 134 valence electrons. The van der Waals surface area contributed by atoms with Crippen LogP contribution >= 0.6 is 27.3 Å². The van der Waals surface area contributed by atoms with Crippen molar-refractivity contribution in [1.29, 1.82) is 0 Å². The minimum atomic E-state index is -0.379. The first kappa shape index (κ1) is 18.2. The van der Waals surface area contributed by atoms with Gasteiger partial charge in [0.15, 0.2) is 5.13 Å². The molecule has 0 aliphatic rings. The number of methoxy groups -OCH3 is 1. The summed E-state index contributed by atoms with van der Waals surface area (Å²) in [5.74, 6) is 0.308. The highest BCUT2D eigenvalue weighted by Gasteiger charge is 2.13. The Bertz CT molecular complexity index is 989. The van der Waals surface area contributed by atoms with Crippen molar-refractivity contribution in [2.24, 2.45) is 0 Å². The summed E-state index contributed by atoms with van der Waals surface area (Å²) >= 11 is 4.66. The first-order valence-corrected chi connectivity index (χ1v) is 9.15. The molecule has 3 aromatic rings. The third-order valence-corrected chi connectivity index (χ3v) is 4.71. The van der Waals surface area contributed by atoms with Crippen LogP contribution < -0.4 is 20.7 Å². The molecule has 1 heterocycles. The third kappa shape index (κ3) is 4.30. The van der Waals surface area contributed by atoms with Crippen LogP contribution in [0.25, 0.3) is 10.2 Å². The molecule has 1 aromatic heterocycles. The van der Waals surface area contributed by atoms with Crippen LogP contribution in [0.1, 0.15) is 6.92 Å². The van der Waals surface area contributed by atoms with Gasteiger partial charge in [-0.25, -0.2) is 9.78 Å². The topological polar surface area (TPSA) is 92.4 Å². The number of rotatable bonds is 4. The van der Waals surface area contributed by atoms with Crippen molar-refractivity contribution in [3.8, 4) is 5.75 Å². The fraction of sp³-hybridized carbons (Fsp3) is 0.118. The molecule has 9 heteroatoms. The zero-order valence-corrected chi connectivity index (χ0v) is 16.3. The Labute approximate surface area is 161 Å². The number of ether oxygens (including phenoxy) is 1. The van der Waals surface area contributed by atoms with Crippen molar-refractivity contribution >= 4 is 65.9 Å². The monoisotopic (exact) mass is 434 g/mol. The second kappa shape index (κ2) is 7.71. The number of nitrogens with zero attached hydrogens (tertiary/aromatic N) is 1. The summed E-state index contributed by atoms with van der Waals surface area (Å²) < 4.78 is 7.01. The van der Waals surface area contributed by atoms with Gasteiger partial charge in [0.2, 0.25) is 5.91 Å². The predicted octanol–water partition coefficient (Wildman–Crippen LogP) is 4.67. The number of urea groups is 1. The zero-order valence-electron chi connectivity index (χ0n) is 13.9. The number of hydrogen-bond donors (Lipinski definition) is 3. The van der Waals surface area contributed by atoms with Gasteiger partial charge in [-0.3, -0.25) is 4.79 Å². The molecule has 0 radical (unpaired) electrons. The Balaban J connectivity index is 1.82. The molecule has 0 bridgehead atoms. The first-order chi connectivity index (χ1) is 12.4. The average Bonchev–Trinajstić information content (AvgIpc) is 2.95. The minimum absolute atomic E-state index is 0.199. The van der Waals surface area contributed by atoms with E-state index >= 15 is 0 Å². The fourth-order valence-electron chi connectivity index (χ4n) is 2.29. The molecule has 0 atom stereocenters. The van der Waals surface area contributed by atoms with E-state index in [1.165, 1.54) is 25.4 Å². The van der Waals surface area contributed by atoms with E-state index in [0.717, 1.165) is 9.17 Å². The number of nitrogens with one attached hydrogen (secondary N) is 3. The number of aromatic nitrogens is 1. The van der Waals surface area contributed by atoms with E-state index in [4.69, 9.17) is 4.74 Å². The molecule has 3 amide bonds. The molecule has 0 fully saturated rings. The van der Waals surface area contributed by atoms with E-state index < -0.39 is 0 Å². The smallest absolute Gasteiger partial charge is 0.323 e. The summed E-state index contributed by atoms with van der Waals surface area (Å²) in [4.78, 5) is 27.8. The Morgan fingerprint density at radius 3 is 2.58 bits per heavy atom. The molecular formula is C17H15BrN4O3S. The van der Waals surface area contributed by atoms with Crippen LogP contribution in [0.2, 0.25) is 0 Å². The zero-order chi connectivity index (χ0) is 18.7. The van der Waals surface area contributed by atoms with Crippen molar-refractivity contribution < 1.29 is 14.3 Å². The van der Waals surface area contributed by atoms with Crippen molar-refractivity contribution in [1.82, 2.24) is 4.98 Å². The lowest BCUT2D eigenvalue weighted by Gasteiger charge is -2.09. The predicted molar refractivity (Wildman–Crippen MR) is 107 cm³/mol. The van der Waals surface area contributed by atoms with E-state index in [1.807, 2.05) is 12.1 Å². The van der Waals surface area contributed by atoms with Gasteiger partial charge < -0.3 is 20.7 Å². The van der Waals surface area contributed by atoms with E-state index in [0.29, 0.717) is 27.8 Å². The van der Waals surface area contributed by atoms with Gasteiger partial charge in [-0.05, 0) is 24.3 Å². The number of hydrogen-bond acceptors (Lipinski definition) is 5. The molecule has 3 N–H and O–H groups in total. The number of fused-ring (bicyclic) bond motifs is 1. The molecule has 7 nitrogen and oxygen atoms in total. The van der Waals surface area contributed by atoms with Gasteiger partial charge in [0, 0.05) is 28.8 Å². The Morgan fingerprint density at radius 1 is 1.12 bits per heavy atom. The molecule has 0 aliphatic heterocycles. The lowest BCUT2D eigenvalue weighted by Crippen LogP contribution is -2.19. The SMILES string of the molecule is COc1cc(NC(=O)Nc2cccc(Br)c2)cc2sc(NC(C)=O)nc12. The van der Waals surface area contributed by atoms with Gasteiger partial charge in [-0.15, -0.1) is 0 Å². The number of carbonyl (C=O) groups excluding carboxylic acids is 2. The maximum atomic E-state index is 12.2. The Morgan fingerprint density at radius 2 is 1.88 bits per heavy atom. The van der Waals surface area contributed by atoms with Gasteiger partial charge in [0.1, 0.15) is 11.3 Å². The van der Waals surface area contributed by atoms with Gasteiger partial charge in [0.05, 0.1) is 11.8 Å². The van der Waals surface area contributed by atoms with Crippen LogP contribution in [-0.2, 0) is 4.79 Å². The maximum absolute atomic E-state index is 12.2. The molecule has 26 heavy (non-hydrogen) atoms. The molecule has 0 saturated heterocycles. The van der Waals surface area contributed by atoms with Crippen molar-refractivity contribution in [2.75, 3.05) is 23.1 Å². The number of thiazole rings is 1. The summed E-state index contributed by atoms with van der Waals surface area (Å²) in [6.45, 7) is 1.42. The van der Waals surface area contributed by atoms with Crippen molar-refractivity contribution in [2.45, 2.75) is 6.92 Å². The number of amides is 3. The fourth-order valence-corrected chi connectivity index (χ4v) is 3.66. The molecule has 3 rings (SSSR count). The summed E-state index contributed by atoms with van der Waals surface area (Å²) in [7, 11) is 1.53. The van der Waals surface area contributed by atoms with Crippen LogP contribution in [0.15, 0.2) is 40.9 Å². The lowest BCUT2D eigenvalue weighted by molar-refractivity contribution is -0.114. The molecular weight excluding hydrogens is 420 g/mol. The second-order valence-electron chi connectivity index (χ2n) is 5.31. The van der Waals surface area contributed by atoms with Crippen molar-refractivity contribution in [3.63, 3.8) is 0 Å². The van der Waals surface area contributed by atoms with Crippen LogP contribution in [0.5, 0.6) is 5.75 Å². The number of carbonyl (C=O) groups is 2. The molecule has 0 aliphatic carbocycles. The Hall–Kier alpha value is -2.65. The van der Waals surface area contributed by atoms with E-state index in [1.54, 1.807) is 24.3 Å². The number of halogens is 1. The molecule has 0 unspecified atom stereocenters. The standard InChI is InChI=1S/C17H15BrN4O3S/c1-9(23)19-17-22-15-13(25-2)7-12(8-14(15)26-17)21-16(24)20-11-5-3-4-10(18)6-11/h3-8H,1-2H3,(H,19,22,23)(H2,20,21,24). The van der Waals surface area contributed by atoms with Crippen LogP contribution in [-0.4, -0.2) is 24.0 Å². The second-order valence-corrected chi connectivity index (χ2v) is 7.26. The first-order valence-electron chi connectivity index (χ1n) is 7.54. The largest absolute Gasteiger partial charge is 0.494 e. The summed E-state index contributed by atoms with van der Waals surface area (Å²) in [6.07, 6.45) is 0. The van der Waals surface area contributed by atoms with Gasteiger partial charge >= 0.3 is 6.03 Å². The average molecular weight is 435 g/mol. The quantitative estimate of drug-likeness (QED) is 0.556. The normalized spacial score (nSPS) is 10.4. The number of anilines is 3. The van der Waals surface area contributed by atoms with E-state index in [-0.39, 0.29) is 11.9 Å². The van der Waals surface area contributed by atoms with E-state index in [9.17, 15) is 9.59 Å². The van der Waals surface area contributed by atoms with Crippen LogP contribution in [0, 0.1) is 0 Å². The van der Waals surface area contributed by atoms with Crippen molar-refractivity contribution in [3.05, 3.63) is 40.9 Å². The number of benzene rings is 2. The molecule has 2 aromatic carbocycles. The highest BCUT2D eigenvalue weighted by atomic mass is 79.9. The van der Waals surface area contributed by atoms with Crippen LogP contribution in [0.3, 0.4) is 0 Å². The lowest BCUT2D eigenvalue weighted by atomic mass is 10.2. The van der Waals surface area contributed by atoms with Gasteiger partial charge in [-0.2, -0.15) is 0 Å². The third-order valence-electron chi connectivity index (χ3n) is 3.30. The molecule has 0 saturated carbocycles. The van der Waals surface area contributed by atoms with Gasteiger partial charge in [-0.1, -0.05) is 33.3 Å². The minimum Gasteiger partial charge on any atom is -0.494 e. The van der Waals surface area contributed by atoms with Crippen LogP contribution in [0.4, 0.5) is 21.3 Å². The van der Waals surface area contributed by atoms with Gasteiger partial charge in [0.25, 0.3) is 0 Å². The summed E-state index contributed by atoms with van der Waals surface area (Å²) in [5, 5.41) is 8.66. The summed E-state index contributed by atoms with van der Waals surface area (Å²) in [5.41, 5.74) is 1.84. The highest BCUT2D eigenvalue weighted by Crippen LogP contribution is 2.35. The van der Waals surface area contributed by atoms with E-state index in [2.05, 4.69) is 36.9 Å². The Kier molecular flexibility index (Phi) is 5.38. The molecule has 0 spiro atoms. The summed E-state index contributed by atoms with van der Waals surface area (Å²) in [6, 6.07) is 10.4. The maximum Gasteiger partial charge on any atom is 0.323 e. The highest BCUT2D eigenvalue weighted by molar-refractivity contribution is 9.10.